The molecule has 0 saturated heterocycles. The summed E-state index contributed by atoms with van der Waals surface area (Å²) in [7, 11) is 0. The van der Waals surface area contributed by atoms with E-state index in [1.807, 2.05) is 37.3 Å². The summed E-state index contributed by atoms with van der Waals surface area (Å²) in [6.07, 6.45) is 0. The number of aryl methyl sites for hydroxylation is 1. The van der Waals surface area contributed by atoms with Gasteiger partial charge in [0.2, 0.25) is 0 Å². The van der Waals surface area contributed by atoms with E-state index in [-0.39, 0.29) is 0 Å². The molecule has 18 heavy (non-hydrogen) atoms. The molecule has 0 saturated carbocycles. The normalized spacial score (nSPS) is 10.4. The minimum Gasteiger partial charge on any atom is -0.381 e. The summed E-state index contributed by atoms with van der Waals surface area (Å²) in [4.78, 5) is 0. The van der Waals surface area contributed by atoms with Gasteiger partial charge >= 0.3 is 0 Å². The van der Waals surface area contributed by atoms with Crippen LogP contribution in [0.1, 0.15) is 11.1 Å². The van der Waals surface area contributed by atoms with Gasteiger partial charge in [0.25, 0.3) is 0 Å². The fourth-order valence-corrected chi connectivity index (χ4v) is 2.12. The Bertz CT molecular complexity index is 567. The van der Waals surface area contributed by atoms with Gasteiger partial charge < -0.3 is 5.32 Å². The van der Waals surface area contributed by atoms with Crippen molar-refractivity contribution in [2.24, 2.45) is 0 Å². The van der Waals surface area contributed by atoms with Crippen LogP contribution in [0.4, 0.5) is 5.69 Å². The molecule has 2 rings (SSSR count). The molecule has 0 amide bonds. The average Bonchev–Trinajstić information content (AvgIpc) is 2.34. The van der Waals surface area contributed by atoms with Gasteiger partial charge in [-0.1, -0.05) is 46.9 Å². The first-order chi connectivity index (χ1) is 8.56. The molecule has 0 heterocycles. The molecule has 0 aliphatic rings. The van der Waals surface area contributed by atoms with E-state index in [2.05, 4.69) is 5.32 Å². The maximum absolute atomic E-state index is 5.97. The Hall–Kier alpha value is -0.890. The molecule has 1 nitrogen and oxygen atoms in total. The van der Waals surface area contributed by atoms with Crippen molar-refractivity contribution in [2.45, 2.75) is 13.5 Å². The SMILES string of the molecule is Cc1ccc(Cl)cc1NCc1ccc(Cl)c(Cl)c1. The van der Waals surface area contributed by atoms with Crippen LogP contribution in [0.2, 0.25) is 15.1 Å². The minimum atomic E-state index is 0.568. The Morgan fingerprint density at radius 3 is 2.44 bits per heavy atom. The highest BCUT2D eigenvalue weighted by Crippen LogP contribution is 2.24. The van der Waals surface area contributed by atoms with Crippen LogP contribution in [0.3, 0.4) is 0 Å². The third kappa shape index (κ3) is 3.32. The number of rotatable bonds is 3. The molecular weight excluding hydrogens is 289 g/mol. The first-order valence-electron chi connectivity index (χ1n) is 5.50. The third-order valence-electron chi connectivity index (χ3n) is 2.67. The van der Waals surface area contributed by atoms with E-state index in [0.717, 1.165) is 21.8 Å². The molecule has 0 fully saturated rings. The second-order valence-electron chi connectivity index (χ2n) is 4.06. The maximum Gasteiger partial charge on any atom is 0.0595 e. The van der Waals surface area contributed by atoms with E-state index in [4.69, 9.17) is 34.8 Å². The molecular formula is C14H12Cl3N. The summed E-state index contributed by atoms with van der Waals surface area (Å²) in [5, 5.41) is 5.19. The van der Waals surface area contributed by atoms with E-state index in [9.17, 15) is 0 Å². The molecule has 2 aromatic rings. The molecule has 0 spiro atoms. The van der Waals surface area contributed by atoms with E-state index in [1.54, 1.807) is 6.07 Å². The largest absolute Gasteiger partial charge is 0.381 e. The van der Waals surface area contributed by atoms with Gasteiger partial charge in [-0.2, -0.15) is 0 Å². The number of nitrogens with one attached hydrogen (secondary N) is 1. The van der Waals surface area contributed by atoms with E-state index >= 15 is 0 Å². The van der Waals surface area contributed by atoms with Crippen molar-refractivity contribution in [1.29, 1.82) is 0 Å². The summed E-state index contributed by atoms with van der Waals surface area (Å²) >= 11 is 17.8. The van der Waals surface area contributed by atoms with Crippen molar-refractivity contribution in [1.82, 2.24) is 0 Å². The first-order valence-corrected chi connectivity index (χ1v) is 6.63. The van der Waals surface area contributed by atoms with Gasteiger partial charge in [-0.25, -0.2) is 0 Å². The van der Waals surface area contributed by atoms with Crippen LogP contribution in [0.25, 0.3) is 0 Å². The van der Waals surface area contributed by atoms with Gasteiger partial charge in [0.05, 0.1) is 10.0 Å². The molecule has 0 aliphatic heterocycles. The molecule has 0 radical (unpaired) electrons. The molecule has 0 unspecified atom stereocenters. The Morgan fingerprint density at radius 1 is 0.944 bits per heavy atom. The molecule has 2 aromatic carbocycles. The van der Waals surface area contributed by atoms with Gasteiger partial charge in [0.1, 0.15) is 0 Å². The molecule has 0 bridgehead atoms. The number of halogens is 3. The van der Waals surface area contributed by atoms with Crippen LogP contribution < -0.4 is 5.32 Å². The van der Waals surface area contributed by atoms with Crippen LogP contribution in [0.5, 0.6) is 0 Å². The predicted molar refractivity (Wildman–Crippen MR) is 80.0 cm³/mol. The van der Waals surface area contributed by atoms with Crippen molar-refractivity contribution < 1.29 is 0 Å². The monoisotopic (exact) mass is 299 g/mol. The lowest BCUT2D eigenvalue weighted by molar-refractivity contribution is 1.14. The van der Waals surface area contributed by atoms with Crippen LogP contribution >= 0.6 is 34.8 Å². The van der Waals surface area contributed by atoms with Crippen molar-refractivity contribution in [3.8, 4) is 0 Å². The van der Waals surface area contributed by atoms with E-state index < -0.39 is 0 Å². The first kappa shape index (κ1) is 13.5. The Labute approximate surface area is 122 Å². The van der Waals surface area contributed by atoms with Crippen molar-refractivity contribution >= 4 is 40.5 Å². The summed E-state index contributed by atoms with van der Waals surface area (Å²) in [6.45, 7) is 2.71. The third-order valence-corrected chi connectivity index (χ3v) is 3.64. The van der Waals surface area contributed by atoms with E-state index in [0.29, 0.717) is 16.6 Å². The predicted octanol–water partition coefficient (Wildman–Crippen LogP) is 5.57. The molecule has 4 heteroatoms. The van der Waals surface area contributed by atoms with Crippen LogP contribution in [-0.4, -0.2) is 0 Å². The average molecular weight is 301 g/mol. The van der Waals surface area contributed by atoms with Gasteiger partial charge in [0.15, 0.2) is 0 Å². The topological polar surface area (TPSA) is 12.0 Å². The lowest BCUT2D eigenvalue weighted by Gasteiger charge is -2.10. The fraction of sp³-hybridized carbons (Fsp3) is 0.143. The highest BCUT2D eigenvalue weighted by molar-refractivity contribution is 6.42. The molecule has 0 atom stereocenters. The summed E-state index contributed by atoms with van der Waals surface area (Å²) in [5.74, 6) is 0. The summed E-state index contributed by atoms with van der Waals surface area (Å²) < 4.78 is 0. The molecule has 1 N–H and O–H groups in total. The quantitative estimate of drug-likeness (QED) is 0.781. The second-order valence-corrected chi connectivity index (χ2v) is 5.31. The number of hydrogen-bond donors (Lipinski definition) is 1. The lowest BCUT2D eigenvalue weighted by Crippen LogP contribution is -2.01. The van der Waals surface area contributed by atoms with Crippen LogP contribution in [0.15, 0.2) is 36.4 Å². The number of hydrogen-bond acceptors (Lipinski definition) is 1. The zero-order chi connectivity index (χ0) is 13.1. The standard InChI is InChI=1S/C14H12Cl3N/c1-9-2-4-11(15)7-14(9)18-8-10-3-5-12(16)13(17)6-10/h2-7,18H,8H2,1H3. The Morgan fingerprint density at radius 2 is 1.72 bits per heavy atom. The lowest BCUT2D eigenvalue weighted by atomic mass is 10.2. The minimum absolute atomic E-state index is 0.568. The van der Waals surface area contributed by atoms with Crippen LogP contribution in [0, 0.1) is 6.92 Å². The zero-order valence-corrected chi connectivity index (χ0v) is 12.1. The molecule has 0 aliphatic carbocycles. The smallest absolute Gasteiger partial charge is 0.0595 e. The maximum atomic E-state index is 5.97. The van der Waals surface area contributed by atoms with Crippen molar-refractivity contribution in [2.75, 3.05) is 5.32 Å². The Kier molecular flexibility index (Phi) is 4.39. The van der Waals surface area contributed by atoms with Crippen molar-refractivity contribution in [3.05, 3.63) is 62.6 Å². The van der Waals surface area contributed by atoms with Crippen molar-refractivity contribution in [3.63, 3.8) is 0 Å². The highest BCUT2D eigenvalue weighted by Gasteiger charge is 2.02. The fourth-order valence-electron chi connectivity index (χ4n) is 1.63. The highest BCUT2D eigenvalue weighted by atomic mass is 35.5. The van der Waals surface area contributed by atoms with Gasteiger partial charge in [0, 0.05) is 17.3 Å². The molecule has 0 aromatic heterocycles. The number of benzene rings is 2. The summed E-state index contributed by atoms with van der Waals surface area (Å²) in [5.41, 5.74) is 3.25. The second kappa shape index (κ2) is 5.83. The number of anilines is 1. The van der Waals surface area contributed by atoms with Gasteiger partial charge in [-0.05, 0) is 42.3 Å². The summed E-state index contributed by atoms with van der Waals surface area (Å²) in [6, 6.07) is 11.4. The Balaban J connectivity index is 2.11. The zero-order valence-electron chi connectivity index (χ0n) is 9.81. The van der Waals surface area contributed by atoms with Crippen LogP contribution in [-0.2, 0) is 6.54 Å². The van der Waals surface area contributed by atoms with Gasteiger partial charge in [-0.15, -0.1) is 0 Å². The molecule has 94 valence electrons. The van der Waals surface area contributed by atoms with Gasteiger partial charge in [-0.3, -0.25) is 0 Å². The van der Waals surface area contributed by atoms with E-state index in [1.165, 1.54) is 0 Å².